The number of allylic oxidation sites excluding steroid dienone is 2. The van der Waals surface area contributed by atoms with E-state index in [9.17, 15) is 0 Å². The van der Waals surface area contributed by atoms with Crippen molar-refractivity contribution >= 4 is 0 Å². The van der Waals surface area contributed by atoms with Crippen molar-refractivity contribution in [1.29, 1.82) is 0 Å². The Morgan fingerprint density at radius 1 is 1.08 bits per heavy atom. The van der Waals surface area contributed by atoms with Crippen LogP contribution >= 0.6 is 0 Å². The minimum atomic E-state index is 0.277. The van der Waals surface area contributed by atoms with Crippen molar-refractivity contribution in [3.63, 3.8) is 0 Å². The predicted molar refractivity (Wildman–Crippen MR) is 95.7 cm³/mol. The zero-order chi connectivity index (χ0) is 16.5. The Balaban J connectivity index is 1.44. The van der Waals surface area contributed by atoms with Crippen LogP contribution in [0.2, 0.25) is 0 Å². The molecule has 0 aromatic heterocycles. The fourth-order valence-electron chi connectivity index (χ4n) is 7.85. The molecule has 2 heteroatoms. The quantitative estimate of drug-likeness (QED) is 0.499. The summed E-state index contributed by atoms with van der Waals surface area (Å²) in [7, 11) is 1.96. The number of hydrogen-bond acceptors (Lipinski definition) is 2. The summed E-state index contributed by atoms with van der Waals surface area (Å²) in [5.74, 6) is 4.45. The predicted octanol–water partition coefficient (Wildman–Crippen LogP) is 4.98. The van der Waals surface area contributed by atoms with E-state index in [-0.39, 0.29) is 5.60 Å². The molecule has 8 atom stereocenters. The van der Waals surface area contributed by atoms with Gasteiger partial charge in [0.2, 0.25) is 0 Å². The first-order valence-corrected chi connectivity index (χ1v) is 10.4. The lowest BCUT2D eigenvalue weighted by Crippen LogP contribution is -2.53. The highest BCUT2D eigenvalue weighted by atomic mass is 16.6. The summed E-state index contributed by atoms with van der Waals surface area (Å²) in [6.07, 6.45) is 13.9. The van der Waals surface area contributed by atoms with Gasteiger partial charge in [-0.2, -0.15) is 0 Å². The van der Waals surface area contributed by atoms with E-state index in [4.69, 9.17) is 9.47 Å². The second kappa shape index (κ2) is 5.33. The molecule has 5 aliphatic rings. The normalized spacial score (nSPS) is 57.5. The highest BCUT2D eigenvalue weighted by Crippen LogP contribution is 2.65. The standard InChI is InChI=1S/C22H34O2/c1-4-14-5-6-19-17-11-20(23-3)18-12-22(13-24-22)10-8-16(18)15(17)7-9-21(14,19)2/h4,15-20H,5-13H2,1-3H3/t15-,16-,17-,18+,19+,20-,21-,22?/m1/s1. The smallest absolute Gasteiger partial charge is 0.0920 e. The maximum absolute atomic E-state index is 6.10. The maximum Gasteiger partial charge on any atom is 0.0920 e. The van der Waals surface area contributed by atoms with Gasteiger partial charge in [-0.1, -0.05) is 18.6 Å². The van der Waals surface area contributed by atoms with Crippen LogP contribution in [0.3, 0.4) is 0 Å². The Kier molecular flexibility index (Phi) is 3.53. The molecule has 4 saturated carbocycles. The SMILES string of the molecule is CC=C1CC[C@H]2[C@@H]3C[C@@H](OC)[C@H]4CC5(CC[C@@H]4[C@H]3CC[C@]12C)CO5. The summed E-state index contributed by atoms with van der Waals surface area (Å²) < 4.78 is 12.0. The molecule has 24 heavy (non-hydrogen) atoms. The van der Waals surface area contributed by atoms with E-state index < -0.39 is 0 Å². The van der Waals surface area contributed by atoms with E-state index in [0.29, 0.717) is 11.5 Å². The summed E-state index contributed by atoms with van der Waals surface area (Å²) >= 11 is 0. The van der Waals surface area contributed by atoms with Crippen LogP contribution in [-0.4, -0.2) is 25.4 Å². The van der Waals surface area contributed by atoms with Crippen LogP contribution in [0, 0.1) is 35.0 Å². The average molecular weight is 331 g/mol. The van der Waals surface area contributed by atoms with Gasteiger partial charge in [-0.05, 0) is 93.3 Å². The minimum absolute atomic E-state index is 0.277. The summed E-state index contributed by atoms with van der Waals surface area (Å²) in [6, 6.07) is 0. The molecule has 1 unspecified atom stereocenters. The number of hydrogen-bond donors (Lipinski definition) is 0. The topological polar surface area (TPSA) is 21.8 Å². The monoisotopic (exact) mass is 330 g/mol. The molecule has 134 valence electrons. The molecule has 1 heterocycles. The van der Waals surface area contributed by atoms with Crippen LogP contribution in [-0.2, 0) is 9.47 Å². The van der Waals surface area contributed by atoms with Crippen LogP contribution in [0.5, 0.6) is 0 Å². The number of ether oxygens (including phenoxy) is 2. The minimum Gasteiger partial charge on any atom is -0.381 e. The molecule has 0 N–H and O–H groups in total. The van der Waals surface area contributed by atoms with E-state index in [1.54, 1.807) is 5.57 Å². The lowest BCUT2D eigenvalue weighted by atomic mass is 9.49. The third-order valence-corrected chi connectivity index (χ3v) is 9.17. The van der Waals surface area contributed by atoms with Gasteiger partial charge in [-0.25, -0.2) is 0 Å². The molecule has 1 aliphatic heterocycles. The molecule has 2 nitrogen and oxygen atoms in total. The first kappa shape index (κ1) is 15.9. The zero-order valence-electron chi connectivity index (χ0n) is 15.7. The van der Waals surface area contributed by atoms with Gasteiger partial charge in [0.05, 0.1) is 18.3 Å². The number of epoxide rings is 1. The van der Waals surface area contributed by atoms with Crippen LogP contribution < -0.4 is 0 Å². The lowest BCUT2D eigenvalue weighted by Gasteiger charge is -2.57. The molecular weight excluding hydrogens is 296 g/mol. The van der Waals surface area contributed by atoms with Crippen LogP contribution in [0.25, 0.3) is 0 Å². The molecule has 0 amide bonds. The van der Waals surface area contributed by atoms with E-state index in [0.717, 1.165) is 36.2 Å². The first-order chi connectivity index (χ1) is 11.6. The highest BCUT2D eigenvalue weighted by Gasteiger charge is 2.60. The molecule has 0 aromatic rings. The average Bonchev–Trinajstić information content (AvgIpc) is 3.24. The Bertz CT molecular complexity index is 548. The Labute approximate surface area is 147 Å². The van der Waals surface area contributed by atoms with Gasteiger partial charge < -0.3 is 9.47 Å². The Morgan fingerprint density at radius 2 is 1.83 bits per heavy atom. The third-order valence-electron chi connectivity index (χ3n) is 9.17. The lowest BCUT2D eigenvalue weighted by molar-refractivity contribution is -0.122. The molecule has 1 saturated heterocycles. The molecular formula is C22H34O2. The summed E-state index contributed by atoms with van der Waals surface area (Å²) in [5, 5.41) is 0. The van der Waals surface area contributed by atoms with Gasteiger partial charge in [-0.15, -0.1) is 0 Å². The van der Waals surface area contributed by atoms with Gasteiger partial charge in [-0.3, -0.25) is 0 Å². The van der Waals surface area contributed by atoms with Gasteiger partial charge in [0.15, 0.2) is 0 Å². The number of rotatable bonds is 1. The maximum atomic E-state index is 6.10. The van der Waals surface area contributed by atoms with Gasteiger partial charge in [0.25, 0.3) is 0 Å². The fraction of sp³-hybridized carbons (Fsp3) is 0.909. The largest absolute Gasteiger partial charge is 0.381 e. The highest BCUT2D eigenvalue weighted by molar-refractivity contribution is 5.23. The van der Waals surface area contributed by atoms with E-state index in [2.05, 4.69) is 19.9 Å². The molecule has 0 radical (unpaired) electrons. The van der Waals surface area contributed by atoms with E-state index in [1.807, 2.05) is 7.11 Å². The fourth-order valence-corrected chi connectivity index (χ4v) is 7.85. The molecule has 4 aliphatic carbocycles. The second-order valence-electron chi connectivity index (χ2n) is 9.79. The zero-order valence-corrected chi connectivity index (χ0v) is 15.7. The van der Waals surface area contributed by atoms with Crippen molar-refractivity contribution in [2.75, 3.05) is 13.7 Å². The van der Waals surface area contributed by atoms with Crippen molar-refractivity contribution in [3.05, 3.63) is 11.6 Å². The van der Waals surface area contributed by atoms with Crippen molar-refractivity contribution in [2.24, 2.45) is 35.0 Å². The Morgan fingerprint density at radius 3 is 2.54 bits per heavy atom. The molecule has 0 aromatic carbocycles. The summed E-state index contributed by atoms with van der Waals surface area (Å²) in [4.78, 5) is 0. The van der Waals surface area contributed by atoms with Crippen molar-refractivity contribution in [1.82, 2.24) is 0 Å². The number of fused-ring (bicyclic) bond motifs is 5. The van der Waals surface area contributed by atoms with Crippen molar-refractivity contribution in [2.45, 2.75) is 76.9 Å². The van der Waals surface area contributed by atoms with Crippen LogP contribution in [0.4, 0.5) is 0 Å². The second-order valence-corrected chi connectivity index (χ2v) is 9.79. The molecule has 5 rings (SSSR count). The van der Waals surface area contributed by atoms with Crippen LogP contribution in [0.1, 0.15) is 65.2 Å². The summed E-state index contributed by atoms with van der Waals surface area (Å²) in [5.41, 5.74) is 2.53. The van der Waals surface area contributed by atoms with Crippen LogP contribution in [0.15, 0.2) is 11.6 Å². The number of methoxy groups -OCH3 is 1. The van der Waals surface area contributed by atoms with Gasteiger partial charge in [0.1, 0.15) is 0 Å². The first-order valence-electron chi connectivity index (χ1n) is 10.4. The van der Waals surface area contributed by atoms with E-state index in [1.165, 1.54) is 51.4 Å². The molecule has 1 spiro atoms. The van der Waals surface area contributed by atoms with E-state index >= 15 is 0 Å². The Hall–Kier alpha value is -0.340. The van der Waals surface area contributed by atoms with Gasteiger partial charge >= 0.3 is 0 Å². The van der Waals surface area contributed by atoms with Gasteiger partial charge in [0, 0.05) is 7.11 Å². The van der Waals surface area contributed by atoms with Crippen molar-refractivity contribution < 1.29 is 9.47 Å². The molecule has 0 bridgehead atoms. The molecule has 5 fully saturated rings. The van der Waals surface area contributed by atoms with Crippen molar-refractivity contribution in [3.8, 4) is 0 Å². The third kappa shape index (κ3) is 2.08. The summed E-state index contributed by atoms with van der Waals surface area (Å²) in [6.45, 7) is 5.87.